The van der Waals surface area contributed by atoms with Crippen LogP contribution >= 0.6 is 0 Å². The lowest BCUT2D eigenvalue weighted by Gasteiger charge is -2.25. The molecule has 106 valence electrons. The van der Waals surface area contributed by atoms with E-state index >= 15 is 0 Å². The molecule has 1 aliphatic rings. The Bertz CT molecular complexity index is 358. The van der Waals surface area contributed by atoms with Gasteiger partial charge in [-0.2, -0.15) is 0 Å². The quantitative estimate of drug-likeness (QED) is 0.612. The van der Waals surface area contributed by atoms with E-state index in [1.54, 1.807) is 0 Å². The van der Waals surface area contributed by atoms with Crippen molar-refractivity contribution < 1.29 is 4.74 Å². The fraction of sp³-hybridized carbons (Fsp3) is 0.625. The van der Waals surface area contributed by atoms with Gasteiger partial charge in [0, 0.05) is 12.6 Å². The van der Waals surface area contributed by atoms with Gasteiger partial charge >= 0.3 is 0 Å². The maximum Gasteiger partial charge on any atom is 0.0575 e. The van der Waals surface area contributed by atoms with E-state index in [0.29, 0.717) is 6.10 Å². The van der Waals surface area contributed by atoms with E-state index in [-0.39, 0.29) is 6.04 Å². The zero-order valence-electron chi connectivity index (χ0n) is 11.9. The molecular weight excluding hydrogens is 236 g/mol. The number of ether oxygens (including phenoxy) is 1. The number of hydrogen-bond donors (Lipinski definition) is 2. The van der Waals surface area contributed by atoms with Crippen LogP contribution in [0.25, 0.3) is 0 Å². The fourth-order valence-electron chi connectivity index (χ4n) is 2.72. The summed E-state index contributed by atoms with van der Waals surface area (Å²) in [6.07, 6.45) is 7.35. The summed E-state index contributed by atoms with van der Waals surface area (Å²) in [5, 5.41) is 0. The maximum absolute atomic E-state index is 5.78. The summed E-state index contributed by atoms with van der Waals surface area (Å²) in [6.45, 7) is 3.10. The molecule has 2 rings (SSSR count). The highest BCUT2D eigenvalue weighted by atomic mass is 16.5. The van der Waals surface area contributed by atoms with Crippen LogP contribution in [-0.2, 0) is 11.2 Å². The number of hydrogen-bond acceptors (Lipinski definition) is 3. The highest BCUT2D eigenvalue weighted by Crippen LogP contribution is 2.23. The molecule has 0 saturated carbocycles. The predicted octanol–water partition coefficient (Wildman–Crippen LogP) is 3.10. The van der Waals surface area contributed by atoms with E-state index in [0.717, 1.165) is 25.9 Å². The Morgan fingerprint density at radius 2 is 2.11 bits per heavy atom. The molecule has 0 amide bonds. The first-order chi connectivity index (χ1) is 9.33. The summed E-state index contributed by atoms with van der Waals surface area (Å²) >= 11 is 0. The fourth-order valence-corrected chi connectivity index (χ4v) is 2.72. The largest absolute Gasteiger partial charge is 0.378 e. The summed E-state index contributed by atoms with van der Waals surface area (Å²) in [5.41, 5.74) is 5.58. The molecule has 1 aromatic carbocycles. The molecule has 1 aromatic rings. The van der Waals surface area contributed by atoms with Crippen LogP contribution in [0, 0.1) is 0 Å². The third-order valence-electron chi connectivity index (χ3n) is 4.04. The molecule has 2 atom stereocenters. The minimum absolute atomic E-state index is 0.233. The molecule has 3 N–H and O–H groups in total. The van der Waals surface area contributed by atoms with Gasteiger partial charge in [-0.1, -0.05) is 31.2 Å². The van der Waals surface area contributed by atoms with Crippen molar-refractivity contribution in [2.24, 2.45) is 5.84 Å². The molecule has 3 heteroatoms. The van der Waals surface area contributed by atoms with E-state index in [2.05, 4.69) is 36.6 Å². The monoisotopic (exact) mass is 262 g/mol. The van der Waals surface area contributed by atoms with Crippen molar-refractivity contribution in [2.45, 2.75) is 57.6 Å². The number of benzene rings is 1. The number of hydrazine groups is 1. The molecule has 0 bridgehead atoms. The van der Waals surface area contributed by atoms with E-state index < -0.39 is 0 Å². The van der Waals surface area contributed by atoms with Crippen LogP contribution in [0.15, 0.2) is 24.3 Å². The standard InChI is InChI=1S/C16H26N2O/c1-2-13-6-8-14(9-7-13)16(18-17)11-10-15-5-3-4-12-19-15/h6-9,15-16,18H,2-5,10-12,17H2,1H3. The number of aryl methyl sites for hydroxylation is 1. The van der Waals surface area contributed by atoms with Gasteiger partial charge in [-0.15, -0.1) is 0 Å². The predicted molar refractivity (Wildman–Crippen MR) is 78.7 cm³/mol. The molecule has 0 spiro atoms. The summed E-state index contributed by atoms with van der Waals surface area (Å²) in [6, 6.07) is 8.99. The second kappa shape index (κ2) is 7.63. The van der Waals surface area contributed by atoms with Crippen molar-refractivity contribution in [3.63, 3.8) is 0 Å². The molecule has 0 aliphatic carbocycles. The topological polar surface area (TPSA) is 47.3 Å². The van der Waals surface area contributed by atoms with Crippen LogP contribution in [0.4, 0.5) is 0 Å². The zero-order valence-corrected chi connectivity index (χ0v) is 11.9. The molecule has 0 radical (unpaired) electrons. The summed E-state index contributed by atoms with van der Waals surface area (Å²) in [5.74, 6) is 5.70. The molecule has 19 heavy (non-hydrogen) atoms. The molecule has 1 aliphatic heterocycles. The highest BCUT2D eigenvalue weighted by Gasteiger charge is 2.17. The van der Waals surface area contributed by atoms with E-state index in [4.69, 9.17) is 10.6 Å². The van der Waals surface area contributed by atoms with Gasteiger partial charge in [0.2, 0.25) is 0 Å². The van der Waals surface area contributed by atoms with Gasteiger partial charge < -0.3 is 4.74 Å². The molecule has 1 saturated heterocycles. The number of rotatable bonds is 6. The van der Waals surface area contributed by atoms with Gasteiger partial charge in [0.05, 0.1) is 6.10 Å². The first-order valence-corrected chi connectivity index (χ1v) is 7.50. The lowest BCUT2D eigenvalue weighted by molar-refractivity contribution is 0.00854. The lowest BCUT2D eigenvalue weighted by atomic mass is 9.97. The van der Waals surface area contributed by atoms with Crippen LogP contribution in [0.5, 0.6) is 0 Å². The average Bonchev–Trinajstić information content (AvgIpc) is 2.49. The van der Waals surface area contributed by atoms with Crippen LogP contribution in [0.3, 0.4) is 0 Å². The van der Waals surface area contributed by atoms with Gasteiger partial charge in [0.25, 0.3) is 0 Å². The Hall–Kier alpha value is -0.900. The Balaban J connectivity index is 1.87. The minimum atomic E-state index is 0.233. The lowest BCUT2D eigenvalue weighted by Crippen LogP contribution is -2.29. The highest BCUT2D eigenvalue weighted by molar-refractivity contribution is 5.24. The first kappa shape index (κ1) is 14.5. The van der Waals surface area contributed by atoms with Crippen molar-refractivity contribution in [3.8, 4) is 0 Å². The number of nitrogens with one attached hydrogen (secondary N) is 1. The smallest absolute Gasteiger partial charge is 0.0575 e. The van der Waals surface area contributed by atoms with Crippen molar-refractivity contribution >= 4 is 0 Å². The van der Waals surface area contributed by atoms with Gasteiger partial charge in [-0.3, -0.25) is 11.3 Å². The maximum atomic E-state index is 5.78. The van der Waals surface area contributed by atoms with Crippen molar-refractivity contribution in [1.82, 2.24) is 5.43 Å². The minimum Gasteiger partial charge on any atom is -0.378 e. The normalized spacial score (nSPS) is 21.3. The van der Waals surface area contributed by atoms with Gasteiger partial charge in [0.15, 0.2) is 0 Å². The Morgan fingerprint density at radius 1 is 1.32 bits per heavy atom. The first-order valence-electron chi connectivity index (χ1n) is 7.50. The second-order valence-corrected chi connectivity index (χ2v) is 5.38. The van der Waals surface area contributed by atoms with Crippen LogP contribution in [0.1, 0.15) is 56.2 Å². The van der Waals surface area contributed by atoms with Gasteiger partial charge in [-0.05, 0) is 49.7 Å². The third kappa shape index (κ3) is 4.30. The van der Waals surface area contributed by atoms with E-state index in [9.17, 15) is 0 Å². The second-order valence-electron chi connectivity index (χ2n) is 5.38. The molecular formula is C16H26N2O. The SMILES string of the molecule is CCc1ccc(C(CCC2CCCCO2)NN)cc1. The molecule has 1 fully saturated rings. The Labute approximate surface area is 116 Å². The van der Waals surface area contributed by atoms with Crippen LogP contribution < -0.4 is 11.3 Å². The molecule has 1 heterocycles. The van der Waals surface area contributed by atoms with Gasteiger partial charge in [-0.25, -0.2) is 0 Å². The molecule has 0 aromatic heterocycles. The zero-order chi connectivity index (χ0) is 13.5. The van der Waals surface area contributed by atoms with Crippen molar-refractivity contribution in [1.29, 1.82) is 0 Å². The van der Waals surface area contributed by atoms with Crippen LogP contribution in [0.2, 0.25) is 0 Å². The summed E-state index contributed by atoms with van der Waals surface area (Å²) in [4.78, 5) is 0. The van der Waals surface area contributed by atoms with Gasteiger partial charge in [0.1, 0.15) is 0 Å². The Morgan fingerprint density at radius 3 is 2.68 bits per heavy atom. The van der Waals surface area contributed by atoms with Crippen molar-refractivity contribution in [3.05, 3.63) is 35.4 Å². The van der Waals surface area contributed by atoms with Crippen LogP contribution in [-0.4, -0.2) is 12.7 Å². The Kier molecular flexibility index (Phi) is 5.83. The van der Waals surface area contributed by atoms with Crippen molar-refractivity contribution in [2.75, 3.05) is 6.61 Å². The number of nitrogens with two attached hydrogens (primary N) is 1. The van der Waals surface area contributed by atoms with E-state index in [1.165, 1.54) is 30.4 Å². The summed E-state index contributed by atoms with van der Waals surface area (Å²) in [7, 11) is 0. The third-order valence-corrected chi connectivity index (χ3v) is 4.04. The average molecular weight is 262 g/mol. The molecule has 2 unspecified atom stereocenters. The summed E-state index contributed by atoms with van der Waals surface area (Å²) < 4.78 is 5.78. The van der Waals surface area contributed by atoms with E-state index in [1.807, 2.05) is 0 Å². The molecule has 3 nitrogen and oxygen atoms in total.